The van der Waals surface area contributed by atoms with Gasteiger partial charge < -0.3 is 15.3 Å². The monoisotopic (exact) mass is 322 g/mol. The quantitative estimate of drug-likeness (QED) is 0.648. The maximum absolute atomic E-state index is 11.0. The Balaban J connectivity index is 2.43. The largest absolute Gasteiger partial charge is 0.393 e. The van der Waals surface area contributed by atoms with Crippen LogP contribution in [0.15, 0.2) is 24.3 Å². The smallest absolute Gasteiger partial charge is 0.0824 e. The van der Waals surface area contributed by atoms with Crippen molar-refractivity contribution in [2.45, 2.75) is 77.6 Å². The Morgan fingerprint density at radius 3 is 2.43 bits per heavy atom. The average Bonchev–Trinajstić information content (AvgIpc) is 2.73. The number of aliphatic hydroxyl groups excluding tert-OH is 1. The number of hydrogen-bond donors (Lipinski definition) is 3. The second-order valence-electron chi connectivity index (χ2n) is 8.93. The van der Waals surface area contributed by atoms with Crippen LogP contribution in [0.2, 0.25) is 0 Å². The van der Waals surface area contributed by atoms with Gasteiger partial charge in [-0.1, -0.05) is 38.2 Å². The minimum atomic E-state index is -1.02. The predicted molar refractivity (Wildman–Crippen MR) is 93.9 cm³/mol. The molecular formula is C20H34O3. The maximum Gasteiger partial charge on any atom is 0.0824 e. The van der Waals surface area contributed by atoms with Crippen LogP contribution in [0.3, 0.4) is 0 Å². The second-order valence-corrected chi connectivity index (χ2v) is 8.93. The van der Waals surface area contributed by atoms with Gasteiger partial charge in [0, 0.05) is 6.42 Å². The Hall–Kier alpha value is -0.640. The Morgan fingerprint density at radius 1 is 1.17 bits per heavy atom. The van der Waals surface area contributed by atoms with Crippen molar-refractivity contribution in [3.05, 3.63) is 24.3 Å². The molecule has 3 nitrogen and oxygen atoms in total. The highest BCUT2D eigenvalue weighted by molar-refractivity contribution is 5.14. The van der Waals surface area contributed by atoms with Gasteiger partial charge in [-0.2, -0.15) is 0 Å². The van der Waals surface area contributed by atoms with Crippen molar-refractivity contribution in [2.24, 2.45) is 23.2 Å². The molecule has 0 aromatic heterocycles. The minimum absolute atomic E-state index is 0.0305. The fourth-order valence-electron chi connectivity index (χ4n) is 4.58. The van der Waals surface area contributed by atoms with Crippen molar-refractivity contribution in [3.8, 4) is 0 Å². The topological polar surface area (TPSA) is 60.7 Å². The van der Waals surface area contributed by atoms with Gasteiger partial charge >= 0.3 is 0 Å². The van der Waals surface area contributed by atoms with E-state index in [4.69, 9.17) is 0 Å². The van der Waals surface area contributed by atoms with E-state index >= 15 is 0 Å². The van der Waals surface area contributed by atoms with E-state index in [-0.39, 0.29) is 17.3 Å². The van der Waals surface area contributed by atoms with Gasteiger partial charge in [0.1, 0.15) is 0 Å². The van der Waals surface area contributed by atoms with Crippen molar-refractivity contribution in [1.82, 2.24) is 0 Å². The standard InChI is InChI=1S/C20H34O3/c1-14-7-6-10-20(5,23)13-16(21)17-15(18(2,3)22)9-12-19(17,4)11-8-14/h6,8,10-11,14-17,21-23H,7,9,12-13H2,1-5H3/b10-6+,11-8+/t14?,15?,16?,17?,19-,20+/m0/s1. The Kier molecular flexibility index (Phi) is 5.16. The molecule has 0 spiro atoms. The zero-order valence-electron chi connectivity index (χ0n) is 15.3. The molecule has 6 atom stereocenters. The molecule has 2 rings (SSSR count). The van der Waals surface area contributed by atoms with E-state index in [1.165, 1.54) is 0 Å². The van der Waals surface area contributed by atoms with E-state index in [0.29, 0.717) is 12.3 Å². The summed E-state index contributed by atoms with van der Waals surface area (Å²) in [6.07, 6.45) is 10.7. The van der Waals surface area contributed by atoms with Crippen molar-refractivity contribution in [3.63, 3.8) is 0 Å². The first-order valence-corrected chi connectivity index (χ1v) is 8.94. The highest BCUT2D eigenvalue weighted by Crippen LogP contribution is 2.54. The van der Waals surface area contributed by atoms with Crippen molar-refractivity contribution in [1.29, 1.82) is 0 Å². The molecule has 2 aliphatic rings. The number of aliphatic hydroxyl groups is 3. The van der Waals surface area contributed by atoms with Crippen LogP contribution in [-0.4, -0.2) is 32.6 Å². The van der Waals surface area contributed by atoms with Crippen LogP contribution >= 0.6 is 0 Å². The van der Waals surface area contributed by atoms with E-state index < -0.39 is 17.3 Å². The second kappa shape index (κ2) is 6.34. The molecule has 4 unspecified atom stereocenters. The third-order valence-corrected chi connectivity index (χ3v) is 5.92. The molecule has 2 aliphatic carbocycles. The fraction of sp³-hybridized carbons (Fsp3) is 0.800. The average molecular weight is 322 g/mol. The summed E-state index contributed by atoms with van der Waals surface area (Å²) in [7, 11) is 0. The summed E-state index contributed by atoms with van der Waals surface area (Å²) in [4.78, 5) is 0. The van der Waals surface area contributed by atoms with Gasteiger partial charge in [0.25, 0.3) is 0 Å². The number of hydrogen-bond acceptors (Lipinski definition) is 3. The number of allylic oxidation sites excluding steroid dienone is 3. The van der Waals surface area contributed by atoms with Gasteiger partial charge in [0.15, 0.2) is 0 Å². The summed E-state index contributed by atoms with van der Waals surface area (Å²) in [6, 6.07) is 0. The van der Waals surface area contributed by atoms with E-state index in [1.807, 2.05) is 26.0 Å². The normalized spacial score (nSPS) is 48.3. The van der Waals surface area contributed by atoms with Gasteiger partial charge in [-0.3, -0.25) is 0 Å². The third kappa shape index (κ3) is 4.26. The summed E-state index contributed by atoms with van der Waals surface area (Å²) in [5, 5.41) is 32.2. The number of fused-ring (bicyclic) bond motifs is 1. The van der Waals surface area contributed by atoms with Crippen LogP contribution in [0.25, 0.3) is 0 Å². The molecule has 0 radical (unpaired) electrons. The Morgan fingerprint density at radius 2 is 1.83 bits per heavy atom. The summed E-state index contributed by atoms with van der Waals surface area (Å²) in [5.74, 6) is 0.378. The molecule has 0 aromatic carbocycles. The first-order valence-electron chi connectivity index (χ1n) is 8.94. The van der Waals surface area contributed by atoms with Crippen LogP contribution in [-0.2, 0) is 0 Å². The van der Waals surface area contributed by atoms with E-state index in [0.717, 1.165) is 19.3 Å². The molecule has 0 amide bonds. The van der Waals surface area contributed by atoms with Crippen LogP contribution in [0, 0.1) is 23.2 Å². The zero-order valence-corrected chi connectivity index (χ0v) is 15.3. The predicted octanol–water partition coefficient (Wildman–Crippen LogP) is 3.44. The third-order valence-electron chi connectivity index (χ3n) is 5.92. The minimum Gasteiger partial charge on any atom is -0.393 e. The van der Waals surface area contributed by atoms with Crippen LogP contribution in [0.1, 0.15) is 60.3 Å². The zero-order chi connectivity index (χ0) is 17.5. The van der Waals surface area contributed by atoms with Gasteiger partial charge in [0.2, 0.25) is 0 Å². The molecule has 3 heteroatoms. The highest BCUT2D eigenvalue weighted by atomic mass is 16.3. The van der Waals surface area contributed by atoms with Gasteiger partial charge in [-0.15, -0.1) is 0 Å². The van der Waals surface area contributed by atoms with Crippen molar-refractivity contribution >= 4 is 0 Å². The summed E-state index contributed by atoms with van der Waals surface area (Å²) >= 11 is 0. The lowest BCUT2D eigenvalue weighted by atomic mass is 9.68. The van der Waals surface area contributed by atoms with E-state index in [1.54, 1.807) is 6.92 Å². The molecule has 0 bridgehead atoms. The lowest BCUT2D eigenvalue weighted by Crippen LogP contribution is -2.45. The molecular weight excluding hydrogens is 288 g/mol. The first kappa shape index (κ1) is 18.7. The van der Waals surface area contributed by atoms with Crippen LogP contribution in [0.4, 0.5) is 0 Å². The molecule has 0 aliphatic heterocycles. The lowest BCUT2D eigenvalue weighted by Gasteiger charge is -2.41. The Bertz CT molecular complexity index is 472. The van der Waals surface area contributed by atoms with Crippen molar-refractivity contribution in [2.75, 3.05) is 0 Å². The van der Waals surface area contributed by atoms with E-state index in [2.05, 4.69) is 26.0 Å². The first-order chi connectivity index (χ1) is 10.4. The fourth-order valence-corrected chi connectivity index (χ4v) is 4.58. The number of rotatable bonds is 1. The van der Waals surface area contributed by atoms with Gasteiger partial charge in [-0.25, -0.2) is 0 Å². The van der Waals surface area contributed by atoms with Crippen LogP contribution in [0.5, 0.6) is 0 Å². The van der Waals surface area contributed by atoms with Gasteiger partial charge in [-0.05, 0) is 63.2 Å². The lowest BCUT2D eigenvalue weighted by molar-refractivity contribution is -0.0700. The summed E-state index contributed by atoms with van der Waals surface area (Å²) in [5.41, 5.74) is -1.99. The SMILES string of the molecule is CC1/C=C/[C@@]2(C)CCC(C(C)(C)O)C2C(O)C[C@](C)(O)/C=C/C1. The summed E-state index contributed by atoms with van der Waals surface area (Å²) in [6.45, 7) is 9.80. The molecule has 3 N–H and O–H groups in total. The maximum atomic E-state index is 11.0. The molecule has 1 saturated carbocycles. The van der Waals surface area contributed by atoms with E-state index in [9.17, 15) is 15.3 Å². The molecule has 1 fully saturated rings. The molecule has 0 saturated heterocycles. The Labute approximate surface area is 141 Å². The van der Waals surface area contributed by atoms with Gasteiger partial charge in [0.05, 0.1) is 17.3 Å². The molecule has 0 heterocycles. The molecule has 132 valence electrons. The molecule has 23 heavy (non-hydrogen) atoms. The van der Waals surface area contributed by atoms with Crippen molar-refractivity contribution < 1.29 is 15.3 Å². The summed E-state index contributed by atoms with van der Waals surface area (Å²) < 4.78 is 0. The highest BCUT2D eigenvalue weighted by Gasteiger charge is 2.52. The molecule has 0 aromatic rings. The van der Waals surface area contributed by atoms with Crippen LogP contribution < -0.4 is 0 Å².